The number of carbonyl (C=O) groups is 1. The van der Waals surface area contributed by atoms with E-state index in [4.69, 9.17) is 0 Å². The lowest BCUT2D eigenvalue weighted by Gasteiger charge is -2.30. The summed E-state index contributed by atoms with van der Waals surface area (Å²) in [6, 6.07) is 0.834. The van der Waals surface area contributed by atoms with Crippen molar-refractivity contribution in [1.82, 2.24) is 4.90 Å². The molecule has 4 rings (SSSR count). The lowest BCUT2D eigenvalue weighted by atomic mass is 9.91. The Kier molecular flexibility index (Phi) is 4.08. The van der Waals surface area contributed by atoms with Crippen LogP contribution in [0.15, 0.2) is 0 Å². The molecule has 22 heavy (non-hydrogen) atoms. The first-order chi connectivity index (χ1) is 10.6. The van der Waals surface area contributed by atoms with Crippen LogP contribution in [0, 0.1) is 23.7 Å². The molecule has 0 aromatic heterocycles. The molecular weight excluding hydrogens is 294 g/mol. The molecule has 0 radical (unpaired) electrons. The van der Waals surface area contributed by atoms with E-state index >= 15 is 0 Å². The number of carbonyl (C=O) groups excluding carboxylic acids is 1. The van der Waals surface area contributed by atoms with Crippen molar-refractivity contribution in [2.45, 2.75) is 70.4 Å². The monoisotopic (exact) mass is 323 g/mol. The summed E-state index contributed by atoms with van der Waals surface area (Å²) in [5, 5.41) is 0. The molecule has 4 heteroatoms. The number of nitrogens with zero attached hydrogens (tertiary/aromatic N) is 1. The van der Waals surface area contributed by atoms with Gasteiger partial charge in [-0.3, -0.25) is 9.00 Å². The van der Waals surface area contributed by atoms with Crippen molar-refractivity contribution in [3.8, 4) is 0 Å². The Balaban J connectivity index is 1.28. The first-order valence-electron chi connectivity index (χ1n) is 9.28. The average Bonchev–Trinajstić information content (AvgIpc) is 3.34. The highest BCUT2D eigenvalue weighted by Crippen LogP contribution is 2.51. The molecule has 1 amide bonds. The van der Waals surface area contributed by atoms with E-state index < -0.39 is 10.8 Å². The van der Waals surface area contributed by atoms with E-state index in [2.05, 4.69) is 11.8 Å². The average molecular weight is 324 g/mol. The van der Waals surface area contributed by atoms with Crippen molar-refractivity contribution in [2.75, 3.05) is 11.5 Å². The topological polar surface area (TPSA) is 37.4 Å². The molecule has 5 unspecified atom stereocenters. The molecule has 4 fully saturated rings. The predicted octanol–water partition coefficient (Wildman–Crippen LogP) is 2.96. The fourth-order valence-corrected chi connectivity index (χ4v) is 5.93. The van der Waals surface area contributed by atoms with Crippen molar-refractivity contribution in [3.05, 3.63) is 0 Å². The molecule has 0 aromatic rings. The Labute approximate surface area is 136 Å². The van der Waals surface area contributed by atoms with Gasteiger partial charge in [0, 0.05) is 28.6 Å². The largest absolute Gasteiger partial charge is 0.336 e. The van der Waals surface area contributed by atoms with Gasteiger partial charge in [-0.15, -0.1) is 0 Å². The Morgan fingerprint density at radius 1 is 1.09 bits per heavy atom. The second-order valence-electron chi connectivity index (χ2n) is 8.30. The predicted molar refractivity (Wildman–Crippen MR) is 88.9 cm³/mol. The van der Waals surface area contributed by atoms with E-state index in [0.29, 0.717) is 23.9 Å². The third kappa shape index (κ3) is 3.42. The van der Waals surface area contributed by atoms with E-state index in [-0.39, 0.29) is 11.7 Å². The van der Waals surface area contributed by atoms with Crippen LogP contribution in [0.1, 0.15) is 58.3 Å². The normalized spacial score (nSPS) is 36.3. The lowest BCUT2D eigenvalue weighted by molar-refractivity contribution is -0.131. The van der Waals surface area contributed by atoms with Crippen LogP contribution in [0.4, 0.5) is 0 Å². The van der Waals surface area contributed by atoms with E-state index in [9.17, 15) is 9.00 Å². The van der Waals surface area contributed by atoms with Gasteiger partial charge in [0.15, 0.2) is 0 Å². The van der Waals surface area contributed by atoms with Crippen LogP contribution < -0.4 is 0 Å². The van der Waals surface area contributed by atoms with Gasteiger partial charge in [0.1, 0.15) is 5.75 Å². The molecule has 0 bridgehead atoms. The molecule has 0 N–H and O–H groups in total. The lowest BCUT2D eigenvalue weighted by Crippen LogP contribution is -2.44. The van der Waals surface area contributed by atoms with Crippen LogP contribution in [0.25, 0.3) is 0 Å². The number of hydrogen-bond acceptors (Lipinski definition) is 2. The van der Waals surface area contributed by atoms with Gasteiger partial charge >= 0.3 is 0 Å². The first kappa shape index (κ1) is 15.2. The van der Waals surface area contributed by atoms with Gasteiger partial charge in [0.25, 0.3) is 0 Å². The maximum absolute atomic E-state index is 12.7. The smallest absolute Gasteiger partial charge is 0.235 e. The minimum absolute atomic E-state index is 0.167. The first-order valence-corrected chi connectivity index (χ1v) is 10.8. The minimum atomic E-state index is -0.954. The Morgan fingerprint density at radius 2 is 1.86 bits per heavy atom. The molecule has 4 saturated carbocycles. The van der Waals surface area contributed by atoms with Crippen LogP contribution in [0.2, 0.25) is 0 Å². The molecule has 3 nitrogen and oxygen atoms in total. The van der Waals surface area contributed by atoms with Crippen molar-refractivity contribution in [1.29, 1.82) is 0 Å². The highest BCUT2D eigenvalue weighted by atomic mass is 32.2. The van der Waals surface area contributed by atoms with Gasteiger partial charge in [0.2, 0.25) is 5.91 Å². The third-order valence-electron chi connectivity index (χ3n) is 6.33. The maximum Gasteiger partial charge on any atom is 0.235 e. The number of fused-ring (bicyclic) bond motifs is 1. The molecule has 0 saturated heterocycles. The number of rotatable bonds is 7. The van der Waals surface area contributed by atoms with Gasteiger partial charge in [-0.2, -0.15) is 0 Å². The summed E-state index contributed by atoms with van der Waals surface area (Å²) < 4.78 is 12.5. The molecule has 0 aliphatic heterocycles. The molecule has 4 aliphatic carbocycles. The van der Waals surface area contributed by atoms with E-state index in [1.54, 1.807) is 0 Å². The van der Waals surface area contributed by atoms with Gasteiger partial charge in [-0.1, -0.05) is 0 Å². The number of amides is 1. The summed E-state index contributed by atoms with van der Waals surface area (Å²) >= 11 is 0. The Hall–Kier alpha value is -0.380. The fraction of sp³-hybridized carbons (Fsp3) is 0.944. The molecular formula is C18H29NO2S. The van der Waals surface area contributed by atoms with Gasteiger partial charge < -0.3 is 4.90 Å². The summed E-state index contributed by atoms with van der Waals surface area (Å²) in [7, 11) is -0.954. The number of hydrogen-bond donors (Lipinski definition) is 0. The van der Waals surface area contributed by atoms with Crippen molar-refractivity contribution in [3.63, 3.8) is 0 Å². The zero-order valence-corrected chi connectivity index (χ0v) is 14.5. The summed E-state index contributed by atoms with van der Waals surface area (Å²) in [6.45, 7) is 2.20. The van der Waals surface area contributed by atoms with Gasteiger partial charge in [0.05, 0.1) is 0 Å². The summed E-state index contributed by atoms with van der Waals surface area (Å²) in [4.78, 5) is 14.8. The summed E-state index contributed by atoms with van der Waals surface area (Å²) in [5.74, 6) is 4.47. The second kappa shape index (κ2) is 5.92. The Bertz CT molecular complexity index is 472. The molecule has 0 heterocycles. The van der Waals surface area contributed by atoms with E-state index in [0.717, 1.165) is 30.4 Å². The molecule has 0 spiro atoms. The standard InChI is InChI=1S/C18H29NO2S/c1-12(14-4-5-14)19(17-6-7-17)18(20)11-22(21)10-13-2-3-15-9-16(15)8-13/h12-17H,2-11H2,1H3. The van der Waals surface area contributed by atoms with Gasteiger partial charge in [-0.25, -0.2) is 0 Å². The summed E-state index contributed by atoms with van der Waals surface area (Å²) in [5.41, 5.74) is 0. The third-order valence-corrected chi connectivity index (χ3v) is 7.74. The van der Waals surface area contributed by atoms with Crippen LogP contribution in [0.3, 0.4) is 0 Å². The van der Waals surface area contributed by atoms with Crippen molar-refractivity contribution in [2.24, 2.45) is 23.7 Å². The maximum atomic E-state index is 12.7. The van der Waals surface area contributed by atoms with Crippen molar-refractivity contribution >= 4 is 16.7 Å². The van der Waals surface area contributed by atoms with Crippen molar-refractivity contribution < 1.29 is 9.00 Å². The zero-order chi connectivity index (χ0) is 15.3. The quantitative estimate of drug-likeness (QED) is 0.722. The van der Waals surface area contributed by atoms with Crippen LogP contribution in [0.5, 0.6) is 0 Å². The minimum Gasteiger partial charge on any atom is -0.336 e. The van der Waals surface area contributed by atoms with Crippen LogP contribution in [-0.2, 0) is 15.6 Å². The highest BCUT2D eigenvalue weighted by molar-refractivity contribution is 7.85. The fourth-order valence-electron chi connectivity index (χ4n) is 4.56. The highest BCUT2D eigenvalue weighted by Gasteiger charge is 2.43. The second-order valence-corrected chi connectivity index (χ2v) is 9.80. The SMILES string of the molecule is CC(C1CC1)N(C(=O)CS(=O)CC1CCC2CC2C1)C1CC1. The van der Waals surface area contributed by atoms with Gasteiger partial charge in [-0.05, 0) is 82.0 Å². The van der Waals surface area contributed by atoms with Crippen LogP contribution in [-0.4, -0.2) is 38.6 Å². The summed E-state index contributed by atoms with van der Waals surface area (Å²) in [6.07, 6.45) is 10.1. The zero-order valence-electron chi connectivity index (χ0n) is 13.7. The molecule has 5 atom stereocenters. The van der Waals surface area contributed by atoms with Crippen LogP contribution >= 0.6 is 0 Å². The molecule has 124 valence electrons. The molecule has 0 aromatic carbocycles. The van der Waals surface area contributed by atoms with E-state index in [1.807, 2.05) is 0 Å². The Morgan fingerprint density at radius 3 is 2.50 bits per heavy atom. The molecule has 4 aliphatic rings. The van der Waals surface area contributed by atoms with E-state index in [1.165, 1.54) is 38.5 Å².